The Morgan fingerprint density at radius 3 is 3.00 bits per heavy atom. The molecule has 172 valence electrons. The first-order chi connectivity index (χ1) is 16.6. The van der Waals surface area contributed by atoms with Crippen LogP contribution in [0.25, 0.3) is 4.96 Å². The van der Waals surface area contributed by atoms with E-state index in [9.17, 15) is 9.59 Å². The predicted molar refractivity (Wildman–Crippen MR) is 124 cm³/mol. The van der Waals surface area contributed by atoms with Crippen molar-refractivity contribution in [3.63, 3.8) is 0 Å². The lowest BCUT2D eigenvalue weighted by Gasteiger charge is -2.30. The van der Waals surface area contributed by atoms with Gasteiger partial charge in [0.2, 0.25) is 6.79 Å². The van der Waals surface area contributed by atoms with Crippen molar-refractivity contribution in [2.75, 3.05) is 13.3 Å². The number of carbonyl (C=O) groups is 2. The molecule has 0 saturated heterocycles. The fraction of sp³-hybridized carbons (Fsp3) is 0.250. The molecule has 6 rings (SSSR count). The molecule has 0 fully saturated rings. The Morgan fingerprint density at radius 2 is 2.12 bits per heavy atom. The van der Waals surface area contributed by atoms with Crippen molar-refractivity contribution in [2.24, 2.45) is 0 Å². The number of hydrogen-bond donors (Lipinski definition) is 1. The molecule has 0 aliphatic carbocycles. The smallest absolute Gasteiger partial charge is 0.274 e. The highest BCUT2D eigenvalue weighted by Crippen LogP contribution is 2.32. The van der Waals surface area contributed by atoms with Crippen LogP contribution >= 0.6 is 11.3 Å². The Labute approximate surface area is 199 Å². The van der Waals surface area contributed by atoms with Crippen LogP contribution in [0.15, 0.2) is 42.2 Å². The van der Waals surface area contributed by atoms with Gasteiger partial charge in [-0.3, -0.25) is 19.0 Å². The van der Waals surface area contributed by atoms with E-state index in [4.69, 9.17) is 9.47 Å². The third kappa shape index (κ3) is 3.56. The van der Waals surface area contributed by atoms with E-state index in [0.29, 0.717) is 48.8 Å². The van der Waals surface area contributed by atoms with Gasteiger partial charge in [0, 0.05) is 54.9 Å². The number of ether oxygens (including phenoxy) is 2. The number of benzene rings is 1. The van der Waals surface area contributed by atoms with Crippen LogP contribution in [-0.2, 0) is 19.5 Å². The number of amides is 2. The molecule has 3 aromatic heterocycles. The molecule has 2 aliphatic rings. The van der Waals surface area contributed by atoms with Crippen molar-refractivity contribution in [2.45, 2.75) is 26.4 Å². The highest BCUT2D eigenvalue weighted by atomic mass is 32.1. The molecule has 0 saturated carbocycles. The molecule has 4 aromatic rings. The van der Waals surface area contributed by atoms with Gasteiger partial charge in [-0.25, -0.2) is 4.98 Å². The summed E-state index contributed by atoms with van der Waals surface area (Å²) in [5, 5.41) is 4.94. The SMILES string of the molecule is Cc1ncc2c(c1CNC(=O)c1ccc3c(c1)OCO3)CCN(C(=O)c1cn3ccsc3n1)C2. The minimum atomic E-state index is -0.192. The van der Waals surface area contributed by atoms with E-state index in [1.54, 1.807) is 29.3 Å². The lowest BCUT2D eigenvalue weighted by Crippen LogP contribution is -2.37. The predicted octanol–water partition coefficient (Wildman–Crippen LogP) is 2.96. The van der Waals surface area contributed by atoms with Gasteiger partial charge in [0.15, 0.2) is 16.5 Å². The number of nitrogens with one attached hydrogen (secondary N) is 1. The third-order valence-electron chi connectivity index (χ3n) is 6.26. The summed E-state index contributed by atoms with van der Waals surface area (Å²) in [5.74, 6) is 0.940. The lowest BCUT2D eigenvalue weighted by molar-refractivity contribution is 0.0729. The standard InChI is InChI=1S/C24H21N5O4S/c1-14-18(10-26-22(30)15-2-3-20-21(8-15)33-13-32-20)17-4-5-28(11-16(17)9-25-14)23(31)19-12-29-6-7-34-24(29)27-19/h2-3,6-9,12H,4-5,10-11,13H2,1H3,(H,26,30). The van der Waals surface area contributed by atoms with Gasteiger partial charge in [0.1, 0.15) is 5.69 Å². The summed E-state index contributed by atoms with van der Waals surface area (Å²) in [6.07, 6.45) is 6.20. The minimum absolute atomic E-state index is 0.0835. The van der Waals surface area contributed by atoms with Gasteiger partial charge in [-0.2, -0.15) is 0 Å². The lowest BCUT2D eigenvalue weighted by atomic mass is 9.94. The fourth-order valence-electron chi connectivity index (χ4n) is 4.43. The van der Waals surface area contributed by atoms with E-state index in [0.717, 1.165) is 27.3 Å². The van der Waals surface area contributed by atoms with Crippen LogP contribution in [0, 0.1) is 6.92 Å². The minimum Gasteiger partial charge on any atom is -0.454 e. The van der Waals surface area contributed by atoms with Gasteiger partial charge in [0.25, 0.3) is 11.8 Å². The Morgan fingerprint density at radius 1 is 1.24 bits per heavy atom. The molecule has 0 unspecified atom stereocenters. The zero-order valence-corrected chi connectivity index (χ0v) is 19.2. The fourth-order valence-corrected chi connectivity index (χ4v) is 5.13. The second kappa shape index (κ2) is 8.14. The number of nitrogens with zero attached hydrogens (tertiary/aromatic N) is 4. The van der Waals surface area contributed by atoms with Gasteiger partial charge < -0.3 is 19.7 Å². The molecule has 2 aliphatic heterocycles. The molecule has 34 heavy (non-hydrogen) atoms. The van der Waals surface area contributed by atoms with Crippen molar-refractivity contribution in [3.8, 4) is 11.5 Å². The molecular formula is C24H21N5O4S. The Balaban J connectivity index is 1.18. The largest absolute Gasteiger partial charge is 0.454 e. The molecule has 2 amide bonds. The van der Waals surface area contributed by atoms with Gasteiger partial charge in [-0.05, 0) is 48.2 Å². The summed E-state index contributed by atoms with van der Waals surface area (Å²) in [7, 11) is 0. The van der Waals surface area contributed by atoms with Crippen molar-refractivity contribution < 1.29 is 19.1 Å². The van der Waals surface area contributed by atoms with Gasteiger partial charge >= 0.3 is 0 Å². The topological polar surface area (TPSA) is 98.1 Å². The zero-order chi connectivity index (χ0) is 23.2. The molecule has 0 radical (unpaired) electrons. The van der Waals surface area contributed by atoms with E-state index in [1.165, 1.54) is 11.3 Å². The zero-order valence-electron chi connectivity index (χ0n) is 18.4. The number of aromatic nitrogens is 3. The first-order valence-electron chi connectivity index (χ1n) is 10.9. The van der Waals surface area contributed by atoms with Crippen LogP contribution in [0.2, 0.25) is 0 Å². The maximum Gasteiger partial charge on any atom is 0.274 e. The van der Waals surface area contributed by atoms with Gasteiger partial charge in [-0.1, -0.05) is 0 Å². The van der Waals surface area contributed by atoms with Crippen LogP contribution in [0.1, 0.15) is 43.2 Å². The summed E-state index contributed by atoms with van der Waals surface area (Å²) < 4.78 is 12.5. The second-order valence-corrected chi connectivity index (χ2v) is 9.15. The van der Waals surface area contributed by atoms with Crippen molar-refractivity contribution in [3.05, 3.63) is 75.8 Å². The van der Waals surface area contributed by atoms with Crippen LogP contribution in [0.4, 0.5) is 0 Å². The molecule has 0 spiro atoms. The van der Waals surface area contributed by atoms with Crippen LogP contribution < -0.4 is 14.8 Å². The molecule has 0 atom stereocenters. The molecule has 1 N–H and O–H groups in total. The number of carbonyl (C=O) groups excluding carboxylic acids is 2. The average Bonchev–Trinajstić information content (AvgIpc) is 3.58. The number of thiazole rings is 1. The molecule has 10 heteroatoms. The average molecular weight is 476 g/mol. The van der Waals surface area contributed by atoms with E-state index >= 15 is 0 Å². The Bertz CT molecular complexity index is 1410. The third-order valence-corrected chi connectivity index (χ3v) is 7.03. The maximum absolute atomic E-state index is 13.0. The number of aryl methyl sites for hydroxylation is 1. The molecule has 9 nitrogen and oxygen atoms in total. The number of imidazole rings is 1. The summed E-state index contributed by atoms with van der Waals surface area (Å²) in [4.78, 5) is 37.4. The quantitative estimate of drug-likeness (QED) is 0.487. The number of hydrogen-bond acceptors (Lipinski definition) is 7. The van der Waals surface area contributed by atoms with Crippen molar-refractivity contribution in [1.82, 2.24) is 24.6 Å². The monoisotopic (exact) mass is 475 g/mol. The molecule has 5 heterocycles. The highest BCUT2D eigenvalue weighted by molar-refractivity contribution is 7.15. The van der Waals surface area contributed by atoms with Crippen LogP contribution in [-0.4, -0.2) is 44.4 Å². The summed E-state index contributed by atoms with van der Waals surface area (Å²) >= 11 is 1.50. The molecule has 1 aromatic carbocycles. The summed E-state index contributed by atoms with van der Waals surface area (Å²) in [6.45, 7) is 3.53. The first-order valence-corrected chi connectivity index (χ1v) is 11.8. The van der Waals surface area contributed by atoms with E-state index in [1.807, 2.05) is 29.1 Å². The summed E-state index contributed by atoms with van der Waals surface area (Å²) in [5.41, 5.74) is 4.98. The van der Waals surface area contributed by atoms with Crippen molar-refractivity contribution >= 4 is 28.1 Å². The molecular weight excluding hydrogens is 454 g/mol. The number of fused-ring (bicyclic) bond motifs is 3. The van der Waals surface area contributed by atoms with Gasteiger partial charge in [-0.15, -0.1) is 11.3 Å². The first kappa shape index (κ1) is 20.7. The van der Waals surface area contributed by atoms with E-state index in [2.05, 4.69) is 15.3 Å². The summed E-state index contributed by atoms with van der Waals surface area (Å²) in [6, 6.07) is 5.15. The Kier molecular flexibility index (Phi) is 4.95. The van der Waals surface area contributed by atoms with Crippen LogP contribution in [0.5, 0.6) is 11.5 Å². The van der Waals surface area contributed by atoms with Crippen LogP contribution in [0.3, 0.4) is 0 Å². The maximum atomic E-state index is 13.0. The number of rotatable bonds is 4. The van der Waals surface area contributed by atoms with Crippen molar-refractivity contribution in [1.29, 1.82) is 0 Å². The second-order valence-electron chi connectivity index (χ2n) is 8.27. The molecule has 0 bridgehead atoms. The van der Waals surface area contributed by atoms with E-state index < -0.39 is 0 Å². The normalized spacial score (nSPS) is 14.3. The number of pyridine rings is 1. The highest BCUT2D eigenvalue weighted by Gasteiger charge is 2.26. The Hall–Kier alpha value is -3.92. The van der Waals surface area contributed by atoms with Gasteiger partial charge in [0.05, 0.1) is 0 Å². The van der Waals surface area contributed by atoms with E-state index in [-0.39, 0.29) is 18.6 Å².